The number of hydrogen-bond donors (Lipinski definition) is 2. The fraction of sp³-hybridized carbons (Fsp3) is 0.267. The Bertz CT molecular complexity index is 493. The summed E-state index contributed by atoms with van der Waals surface area (Å²) < 4.78 is 5.12. The molecule has 0 aliphatic heterocycles. The molecule has 108 valence electrons. The highest BCUT2D eigenvalue weighted by atomic mass is 32.1. The molecule has 0 amide bonds. The van der Waals surface area contributed by atoms with Crippen LogP contribution in [-0.4, -0.2) is 35.2 Å². The van der Waals surface area contributed by atoms with Crippen molar-refractivity contribution in [1.29, 1.82) is 0 Å². The number of phenolic OH excluding ortho intramolecular Hbond substituents is 1. The second kappa shape index (κ2) is 7.67. The van der Waals surface area contributed by atoms with Crippen molar-refractivity contribution < 1.29 is 9.84 Å². The van der Waals surface area contributed by atoms with Gasteiger partial charge in [-0.1, -0.05) is 30.4 Å². The van der Waals surface area contributed by atoms with Crippen LogP contribution >= 0.6 is 12.2 Å². The molecule has 1 atom stereocenters. The summed E-state index contributed by atoms with van der Waals surface area (Å²) in [7, 11) is 1.50. The second-order valence-electron chi connectivity index (χ2n) is 4.27. The zero-order valence-electron chi connectivity index (χ0n) is 11.6. The van der Waals surface area contributed by atoms with Crippen LogP contribution < -0.4 is 10.5 Å². The summed E-state index contributed by atoms with van der Waals surface area (Å²) in [4.78, 5) is 2.38. The molecule has 0 radical (unpaired) electrons. The first-order chi connectivity index (χ1) is 9.54. The third-order valence-corrected chi connectivity index (χ3v) is 3.10. The Hall–Kier alpha value is -1.85. The minimum Gasteiger partial charge on any atom is -0.504 e. The van der Waals surface area contributed by atoms with E-state index in [2.05, 4.69) is 13.2 Å². The zero-order valence-corrected chi connectivity index (χ0v) is 12.4. The largest absolute Gasteiger partial charge is 0.504 e. The van der Waals surface area contributed by atoms with Gasteiger partial charge in [-0.2, -0.15) is 0 Å². The first-order valence-electron chi connectivity index (χ1n) is 6.17. The van der Waals surface area contributed by atoms with Gasteiger partial charge in [-0.3, -0.25) is 4.90 Å². The molecule has 20 heavy (non-hydrogen) atoms. The van der Waals surface area contributed by atoms with Crippen molar-refractivity contribution in [3.8, 4) is 11.5 Å². The molecule has 3 N–H and O–H groups in total. The Morgan fingerprint density at radius 2 is 2.05 bits per heavy atom. The van der Waals surface area contributed by atoms with Gasteiger partial charge in [0.2, 0.25) is 0 Å². The lowest BCUT2D eigenvalue weighted by atomic mass is 10.0. The van der Waals surface area contributed by atoms with Gasteiger partial charge in [0, 0.05) is 13.1 Å². The molecule has 0 saturated heterocycles. The number of thiocarbonyl (C=S) groups is 1. The highest BCUT2D eigenvalue weighted by Crippen LogP contribution is 2.31. The summed E-state index contributed by atoms with van der Waals surface area (Å²) in [6.07, 6.45) is 3.57. The Morgan fingerprint density at radius 3 is 2.50 bits per heavy atom. The van der Waals surface area contributed by atoms with Crippen LogP contribution in [0.3, 0.4) is 0 Å². The van der Waals surface area contributed by atoms with Crippen molar-refractivity contribution >= 4 is 17.2 Å². The smallest absolute Gasteiger partial charge is 0.160 e. The highest BCUT2D eigenvalue weighted by Gasteiger charge is 2.22. The number of aromatic hydroxyl groups is 1. The van der Waals surface area contributed by atoms with Crippen molar-refractivity contribution in [2.24, 2.45) is 5.73 Å². The number of nitrogens with two attached hydrogens (primary N) is 1. The predicted octanol–water partition coefficient (Wildman–Crippen LogP) is 2.40. The fourth-order valence-electron chi connectivity index (χ4n) is 2.04. The lowest BCUT2D eigenvalue weighted by molar-refractivity contribution is 0.300. The highest BCUT2D eigenvalue weighted by molar-refractivity contribution is 7.80. The monoisotopic (exact) mass is 292 g/mol. The molecule has 4 nitrogen and oxygen atoms in total. The number of hydrogen-bond acceptors (Lipinski definition) is 4. The van der Waals surface area contributed by atoms with Crippen molar-refractivity contribution in [1.82, 2.24) is 4.90 Å². The third kappa shape index (κ3) is 3.82. The Balaban J connectivity index is 3.21. The van der Waals surface area contributed by atoms with E-state index in [-0.39, 0.29) is 11.8 Å². The van der Waals surface area contributed by atoms with Crippen LogP contribution in [0.4, 0.5) is 0 Å². The molecule has 1 aromatic carbocycles. The SMILES string of the molecule is C=CCN(CC=C)C(C(N)=S)c1ccc(O)c(OC)c1. The van der Waals surface area contributed by atoms with Gasteiger partial charge in [-0.15, -0.1) is 13.2 Å². The van der Waals surface area contributed by atoms with E-state index in [1.807, 2.05) is 4.90 Å². The van der Waals surface area contributed by atoms with Crippen LogP contribution in [0.25, 0.3) is 0 Å². The van der Waals surface area contributed by atoms with Gasteiger partial charge in [0.1, 0.15) is 0 Å². The Kier molecular flexibility index (Phi) is 6.21. The average molecular weight is 292 g/mol. The van der Waals surface area contributed by atoms with E-state index in [1.165, 1.54) is 7.11 Å². The van der Waals surface area contributed by atoms with Gasteiger partial charge in [0.05, 0.1) is 18.1 Å². The maximum atomic E-state index is 9.67. The molecule has 1 aromatic rings. The van der Waals surface area contributed by atoms with E-state index >= 15 is 0 Å². The number of rotatable bonds is 8. The minimum absolute atomic E-state index is 0.0805. The van der Waals surface area contributed by atoms with Crippen LogP contribution in [0.5, 0.6) is 11.5 Å². The van der Waals surface area contributed by atoms with E-state index in [1.54, 1.807) is 30.4 Å². The maximum Gasteiger partial charge on any atom is 0.160 e. The number of methoxy groups -OCH3 is 1. The summed E-state index contributed by atoms with van der Waals surface area (Å²) in [6.45, 7) is 8.73. The van der Waals surface area contributed by atoms with E-state index in [0.29, 0.717) is 23.8 Å². The number of benzene rings is 1. The van der Waals surface area contributed by atoms with Crippen LogP contribution in [0.2, 0.25) is 0 Å². The summed E-state index contributed by atoms with van der Waals surface area (Å²) >= 11 is 5.18. The van der Waals surface area contributed by atoms with Crippen molar-refractivity contribution in [3.63, 3.8) is 0 Å². The van der Waals surface area contributed by atoms with Crippen LogP contribution in [0, 0.1) is 0 Å². The zero-order chi connectivity index (χ0) is 15.1. The first kappa shape index (κ1) is 16.2. The fourth-order valence-corrected chi connectivity index (χ4v) is 2.32. The van der Waals surface area contributed by atoms with Crippen molar-refractivity contribution in [3.05, 3.63) is 49.1 Å². The molecular weight excluding hydrogens is 272 g/mol. The molecule has 0 saturated carbocycles. The van der Waals surface area contributed by atoms with Crippen molar-refractivity contribution in [2.45, 2.75) is 6.04 Å². The van der Waals surface area contributed by atoms with Gasteiger partial charge < -0.3 is 15.6 Å². The van der Waals surface area contributed by atoms with Crippen LogP contribution in [-0.2, 0) is 0 Å². The second-order valence-corrected chi connectivity index (χ2v) is 4.74. The molecule has 0 heterocycles. The molecule has 0 aromatic heterocycles. The molecule has 0 aliphatic rings. The minimum atomic E-state index is -0.268. The molecule has 5 heteroatoms. The van der Waals surface area contributed by atoms with E-state index in [9.17, 15) is 5.11 Å². The van der Waals surface area contributed by atoms with Crippen molar-refractivity contribution in [2.75, 3.05) is 20.2 Å². The first-order valence-corrected chi connectivity index (χ1v) is 6.58. The molecule has 0 aliphatic carbocycles. The average Bonchev–Trinajstić information content (AvgIpc) is 2.41. The number of ether oxygens (including phenoxy) is 1. The molecule has 0 spiro atoms. The van der Waals surface area contributed by atoms with Gasteiger partial charge in [0.15, 0.2) is 11.5 Å². The maximum absolute atomic E-state index is 9.67. The topological polar surface area (TPSA) is 58.7 Å². The van der Waals surface area contributed by atoms with E-state index in [4.69, 9.17) is 22.7 Å². The standard InChI is InChI=1S/C15H20N2O2S/c1-4-8-17(9-5-2)14(15(16)20)11-6-7-12(18)13(10-11)19-3/h4-7,10,14,18H,1-2,8-9H2,3H3,(H2,16,20). The molecule has 0 bridgehead atoms. The van der Waals surface area contributed by atoms with Gasteiger partial charge in [-0.25, -0.2) is 0 Å². The summed E-state index contributed by atoms with van der Waals surface area (Å²) in [5.74, 6) is 0.470. The summed E-state index contributed by atoms with van der Waals surface area (Å²) in [5, 5.41) is 9.67. The molecular formula is C15H20N2O2S. The third-order valence-electron chi connectivity index (χ3n) is 2.88. The Labute approximate surface area is 125 Å². The number of phenols is 1. The normalized spacial score (nSPS) is 11.9. The molecule has 0 fully saturated rings. The van der Waals surface area contributed by atoms with Crippen LogP contribution in [0.15, 0.2) is 43.5 Å². The van der Waals surface area contributed by atoms with Gasteiger partial charge in [0.25, 0.3) is 0 Å². The lowest BCUT2D eigenvalue weighted by Gasteiger charge is -2.29. The quantitative estimate of drug-likeness (QED) is 0.569. The lowest BCUT2D eigenvalue weighted by Crippen LogP contribution is -2.37. The van der Waals surface area contributed by atoms with E-state index in [0.717, 1.165) is 5.56 Å². The summed E-state index contributed by atoms with van der Waals surface area (Å²) in [5.41, 5.74) is 6.73. The predicted molar refractivity (Wildman–Crippen MR) is 86.2 cm³/mol. The van der Waals surface area contributed by atoms with Gasteiger partial charge in [-0.05, 0) is 17.7 Å². The Morgan fingerprint density at radius 1 is 1.45 bits per heavy atom. The van der Waals surface area contributed by atoms with Crippen LogP contribution in [0.1, 0.15) is 11.6 Å². The molecule has 1 rings (SSSR count). The number of nitrogens with zero attached hydrogens (tertiary/aromatic N) is 1. The van der Waals surface area contributed by atoms with E-state index < -0.39 is 0 Å². The van der Waals surface area contributed by atoms with Gasteiger partial charge >= 0.3 is 0 Å². The molecule has 1 unspecified atom stereocenters. The summed E-state index contributed by atoms with van der Waals surface area (Å²) in [6, 6.07) is 4.81.